The highest BCUT2D eigenvalue weighted by atomic mass is 32.2. The molecular weight excluding hydrogens is 392 g/mol. The van der Waals surface area contributed by atoms with Gasteiger partial charge in [0, 0.05) is 6.04 Å². The lowest BCUT2D eigenvalue weighted by Gasteiger charge is -2.16. The van der Waals surface area contributed by atoms with Gasteiger partial charge in [0.15, 0.2) is 6.61 Å². The standard InChI is InChI=1S/C21H26N2O5S/c1-14-12-19(29(25,26)23-17-6-7-17)10-11-20(14)28-13-21(24)22-15(2)16-4-8-18(27-3)9-5-16/h4-5,8-12,15,17,23H,6-7,13H2,1-3H3,(H,22,24)/t15-/m0/s1. The molecule has 2 aromatic carbocycles. The highest BCUT2D eigenvalue weighted by Gasteiger charge is 2.28. The number of hydrogen-bond acceptors (Lipinski definition) is 5. The Hall–Kier alpha value is -2.58. The molecule has 2 N–H and O–H groups in total. The van der Waals surface area contributed by atoms with E-state index in [1.165, 1.54) is 6.07 Å². The van der Waals surface area contributed by atoms with Crippen molar-refractivity contribution in [2.24, 2.45) is 0 Å². The van der Waals surface area contributed by atoms with E-state index in [-0.39, 0.29) is 29.5 Å². The van der Waals surface area contributed by atoms with Crippen LogP contribution in [0.25, 0.3) is 0 Å². The fourth-order valence-corrected chi connectivity index (χ4v) is 4.23. The van der Waals surface area contributed by atoms with Gasteiger partial charge in [0.05, 0.1) is 18.0 Å². The molecule has 0 unspecified atom stereocenters. The third-order valence-electron chi connectivity index (χ3n) is 4.71. The average molecular weight is 419 g/mol. The molecule has 7 nitrogen and oxygen atoms in total. The van der Waals surface area contributed by atoms with E-state index >= 15 is 0 Å². The number of amides is 1. The van der Waals surface area contributed by atoms with E-state index in [0.717, 1.165) is 24.2 Å². The summed E-state index contributed by atoms with van der Waals surface area (Å²) in [5, 5.41) is 2.88. The summed E-state index contributed by atoms with van der Waals surface area (Å²) in [5.74, 6) is 0.964. The van der Waals surface area contributed by atoms with Crippen LogP contribution in [0.3, 0.4) is 0 Å². The largest absolute Gasteiger partial charge is 0.497 e. The number of benzene rings is 2. The lowest BCUT2D eigenvalue weighted by Crippen LogP contribution is -2.31. The maximum absolute atomic E-state index is 12.3. The Bertz CT molecular complexity index is 969. The molecule has 0 aliphatic heterocycles. The number of carbonyl (C=O) groups excluding carboxylic acids is 1. The Morgan fingerprint density at radius 3 is 2.45 bits per heavy atom. The van der Waals surface area contributed by atoms with Crippen LogP contribution in [0.2, 0.25) is 0 Å². The molecule has 1 amide bonds. The molecule has 0 heterocycles. The first kappa shape index (κ1) is 21.1. The van der Waals surface area contributed by atoms with E-state index in [1.807, 2.05) is 31.2 Å². The monoisotopic (exact) mass is 418 g/mol. The van der Waals surface area contributed by atoms with Crippen LogP contribution >= 0.6 is 0 Å². The summed E-state index contributed by atoms with van der Waals surface area (Å²) in [6.07, 6.45) is 1.76. The minimum atomic E-state index is -3.51. The number of nitrogens with one attached hydrogen (secondary N) is 2. The van der Waals surface area contributed by atoms with Crippen molar-refractivity contribution in [2.75, 3.05) is 13.7 Å². The quantitative estimate of drug-likeness (QED) is 0.653. The predicted octanol–water partition coefficient (Wildman–Crippen LogP) is 2.70. The van der Waals surface area contributed by atoms with E-state index in [9.17, 15) is 13.2 Å². The van der Waals surface area contributed by atoms with E-state index in [1.54, 1.807) is 26.2 Å². The van der Waals surface area contributed by atoms with Crippen molar-refractivity contribution in [3.05, 3.63) is 53.6 Å². The lowest BCUT2D eigenvalue weighted by atomic mass is 10.1. The van der Waals surface area contributed by atoms with Gasteiger partial charge in [-0.1, -0.05) is 12.1 Å². The summed E-state index contributed by atoms with van der Waals surface area (Å²) in [4.78, 5) is 12.4. The maximum Gasteiger partial charge on any atom is 0.258 e. The summed E-state index contributed by atoms with van der Waals surface area (Å²) in [7, 11) is -1.91. The molecule has 1 atom stereocenters. The van der Waals surface area contributed by atoms with Gasteiger partial charge >= 0.3 is 0 Å². The predicted molar refractivity (Wildman–Crippen MR) is 110 cm³/mol. The van der Waals surface area contributed by atoms with Crippen LogP contribution in [-0.4, -0.2) is 34.1 Å². The SMILES string of the molecule is COc1ccc([C@H](C)NC(=O)COc2ccc(S(=O)(=O)NC3CC3)cc2C)cc1. The summed E-state index contributed by atoms with van der Waals surface area (Å²) in [6.45, 7) is 3.48. The molecular formula is C21H26N2O5S. The smallest absolute Gasteiger partial charge is 0.258 e. The normalized spacial score (nSPS) is 14.9. The molecule has 1 saturated carbocycles. The van der Waals surface area contributed by atoms with Crippen molar-refractivity contribution in [3.8, 4) is 11.5 Å². The summed E-state index contributed by atoms with van der Waals surface area (Å²) in [5.41, 5.74) is 1.60. The number of rotatable bonds is 9. The van der Waals surface area contributed by atoms with Crippen LogP contribution in [0.15, 0.2) is 47.4 Å². The first-order valence-electron chi connectivity index (χ1n) is 9.47. The van der Waals surface area contributed by atoms with Crippen LogP contribution in [0.4, 0.5) is 0 Å². The molecule has 3 rings (SSSR count). The fourth-order valence-electron chi connectivity index (χ4n) is 2.84. The zero-order valence-corrected chi connectivity index (χ0v) is 17.6. The van der Waals surface area contributed by atoms with Crippen molar-refractivity contribution < 1.29 is 22.7 Å². The molecule has 8 heteroatoms. The van der Waals surface area contributed by atoms with Gasteiger partial charge in [0.2, 0.25) is 10.0 Å². The van der Waals surface area contributed by atoms with E-state index in [0.29, 0.717) is 11.3 Å². The Morgan fingerprint density at radius 1 is 1.17 bits per heavy atom. The molecule has 1 aliphatic rings. The molecule has 0 saturated heterocycles. The van der Waals surface area contributed by atoms with Crippen LogP contribution in [-0.2, 0) is 14.8 Å². The highest BCUT2D eigenvalue weighted by Crippen LogP contribution is 2.25. The Balaban J connectivity index is 1.55. The van der Waals surface area contributed by atoms with Gasteiger partial charge in [-0.05, 0) is 68.1 Å². The molecule has 0 radical (unpaired) electrons. The van der Waals surface area contributed by atoms with Crippen molar-refractivity contribution in [1.82, 2.24) is 10.0 Å². The zero-order chi connectivity index (χ0) is 21.0. The zero-order valence-electron chi connectivity index (χ0n) is 16.8. The molecule has 2 aromatic rings. The first-order chi connectivity index (χ1) is 13.8. The number of carbonyl (C=O) groups is 1. The van der Waals surface area contributed by atoms with Crippen molar-refractivity contribution in [2.45, 2.75) is 43.7 Å². The molecule has 1 aliphatic carbocycles. The molecule has 1 fully saturated rings. The van der Waals surface area contributed by atoms with Crippen LogP contribution in [0.1, 0.15) is 36.9 Å². The first-order valence-corrected chi connectivity index (χ1v) is 11.0. The van der Waals surface area contributed by atoms with Gasteiger partial charge in [-0.3, -0.25) is 4.79 Å². The van der Waals surface area contributed by atoms with Crippen molar-refractivity contribution in [1.29, 1.82) is 0 Å². The fraction of sp³-hybridized carbons (Fsp3) is 0.381. The van der Waals surface area contributed by atoms with Crippen LogP contribution < -0.4 is 19.5 Å². The Morgan fingerprint density at radius 2 is 1.86 bits per heavy atom. The summed E-state index contributed by atoms with van der Waals surface area (Å²) < 4.78 is 37.9. The maximum atomic E-state index is 12.3. The minimum Gasteiger partial charge on any atom is -0.497 e. The van der Waals surface area contributed by atoms with E-state index in [4.69, 9.17) is 9.47 Å². The van der Waals surface area contributed by atoms with Gasteiger partial charge < -0.3 is 14.8 Å². The van der Waals surface area contributed by atoms with Gasteiger partial charge in [-0.15, -0.1) is 0 Å². The third-order valence-corrected chi connectivity index (χ3v) is 6.23. The van der Waals surface area contributed by atoms with Crippen LogP contribution in [0, 0.1) is 6.92 Å². The second-order valence-electron chi connectivity index (χ2n) is 7.17. The third kappa shape index (κ3) is 5.71. The van der Waals surface area contributed by atoms with Gasteiger partial charge in [-0.25, -0.2) is 13.1 Å². The number of aryl methyl sites for hydroxylation is 1. The number of methoxy groups -OCH3 is 1. The van der Waals surface area contributed by atoms with Gasteiger partial charge in [-0.2, -0.15) is 0 Å². The van der Waals surface area contributed by atoms with E-state index in [2.05, 4.69) is 10.0 Å². The van der Waals surface area contributed by atoms with Crippen LogP contribution in [0.5, 0.6) is 11.5 Å². The molecule has 0 spiro atoms. The number of hydrogen-bond donors (Lipinski definition) is 2. The topological polar surface area (TPSA) is 93.7 Å². The van der Waals surface area contributed by atoms with Crippen molar-refractivity contribution >= 4 is 15.9 Å². The molecule has 0 bridgehead atoms. The summed E-state index contributed by atoms with van der Waals surface area (Å²) in [6, 6.07) is 12.0. The summed E-state index contributed by atoms with van der Waals surface area (Å²) >= 11 is 0. The second kappa shape index (κ2) is 8.84. The Kier molecular flexibility index (Phi) is 6.44. The van der Waals surface area contributed by atoms with Gasteiger partial charge in [0.1, 0.15) is 11.5 Å². The molecule has 29 heavy (non-hydrogen) atoms. The second-order valence-corrected chi connectivity index (χ2v) is 8.89. The number of ether oxygens (including phenoxy) is 2. The van der Waals surface area contributed by atoms with Gasteiger partial charge in [0.25, 0.3) is 5.91 Å². The minimum absolute atomic E-state index is 0.0487. The highest BCUT2D eigenvalue weighted by molar-refractivity contribution is 7.89. The lowest BCUT2D eigenvalue weighted by molar-refractivity contribution is -0.123. The van der Waals surface area contributed by atoms with E-state index < -0.39 is 10.0 Å². The Labute approximate surface area is 171 Å². The molecule has 0 aromatic heterocycles. The molecule has 156 valence electrons. The average Bonchev–Trinajstić information content (AvgIpc) is 3.50. The number of sulfonamides is 1. The van der Waals surface area contributed by atoms with Crippen molar-refractivity contribution in [3.63, 3.8) is 0 Å².